The van der Waals surface area contributed by atoms with E-state index in [0.29, 0.717) is 28.3 Å². The fourth-order valence-corrected chi connectivity index (χ4v) is 2.38. The molecule has 0 bridgehead atoms. The van der Waals surface area contributed by atoms with Gasteiger partial charge in [-0.2, -0.15) is 5.10 Å². The summed E-state index contributed by atoms with van der Waals surface area (Å²) in [5.41, 5.74) is 5.54. The highest BCUT2D eigenvalue weighted by Crippen LogP contribution is 2.12. The highest BCUT2D eigenvalue weighted by Gasteiger charge is 2.11. The number of nitrogens with one attached hydrogen (secondary N) is 2. The number of aryl methyl sites for hydroxylation is 1. The molecule has 2 heterocycles. The molecule has 0 aliphatic heterocycles. The molecule has 7 nitrogen and oxygen atoms in total. The van der Waals surface area contributed by atoms with Gasteiger partial charge in [0.25, 0.3) is 11.8 Å². The first-order valence-corrected chi connectivity index (χ1v) is 8.25. The van der Waals surface area contributed by atoms with E-state index < -0.39 is 0 Å². The maximum absolute atomic E-state index is 12.1. The number of carbonyl (C=O) groups excluding carboxylic acids is 2. The van der Waals surface area contributed by atoms with Gasteiger partial charge in [-0.25, -0.2) is 5.43 Å². The van der Waals surface area contributed by atoms with Gasteiger partial charge in [-0.3, -0.25) is 14.6 Å². The van der Waals surface area contributed by atoms with Gasteiger partial charge in [-0.05, 0) is 49.7 Å². The third kappa shape index (κ3) is 4.46. The number of pyridine rings is 1. The Hall–Kier alpha value is -3.74. The van der Waals surface area contributed by atoms with E-state index in [1.54, 1.807) is 50.4 Å². The smallest absolute Gasteiger partial charge is 0.274 e. The van der Waals surface area contributed by atoms with Crippen LogP contribution in [0.2, 0.25) is 0 Å². The number of carbonyl (C=O) groups is 2. The summed E-state index contributed by atoms with van der Waals surface area (Å²) in [5, 5.41) is 6.91. The highest BCUT2D eigenvalue weighted by atomic mass is 16.3. The first-order chi connectivity index (χ1) is 13.0. The number of benzene rings is 1. The van der Waals surface area contributed by atoms with Crippen molar-refractivity contribution in [2.45, 2.75) is 13.8 Å². The molecule has 0 saturated carbocycles. The van der Waals surface area contributed by atoms with Gasteiger partial charge in [0.2, 0.25) is 0 Å². The van der Waals surface area contributed by atoms with E-state index in [1.807, 2.05) is 12.1 Å². The number of anilines is 1. The molecule has 0 aliphatic rings. The molecule has 0 atom stereocenters. The maximum Gasteiger partial charge on any atom is 0.274 e. The molecule has 0 aliphatic carbocycles. The molecule has 27 heavy (non-hydrogen) atoms. The lowest BCUT2D eigenvalue weighted by atomic mass is 10.1. The Labute approximate surface area is 156 Å². The monoisotopic (exact) mass is 362 g/mol. The Kier molecular flexibility index (Phi) is 5.41. The van der Waals surface area contributed by atoms with E-state index in [9.17, 15) is 9.59 Å². The largest absolute Gasteiger partial charge is 0.469 e. The quantitative estimate of drug-likeness (QED) is 0.537. The predicted molar refractivity (Wildman–Crippen MR) is 102 cm³/mol. The zero-order chi connectivity index (χ0) is 19.2. The van der Waals surface area contributed by atoms with Crippen LogP contribution in [0.1, 0.15) is 39.0 Å². The van der Waals surface area contributed by atoms with Crippen molar-refractivity contribution >= 4 is 23.2 Å². The molecule has 3 rings (SSSR count). The normalized spacial score (nSPS) is 11.1. The molecule has 2 aromatic heterocycles. The standard InChI is InChI=1S/C20H18N4O3/c1-13(23-24-20(26)18-9-11-27-14(18)2)15-5-7-17(8-6-15)22-19(25)16-4-3-10-21-12-16/h3-12H,1-2H3,(H,22,25)(H,24,26)/b23-13+. The number of furan rings is 1. The second kappa shape index (κ2) is 8.09. The van der Waals surface area contributed by atoms with Crippen molar-refractivity contribution in [1.82, 2.24) is 10.4 Å². The second-order valence-corrected chi connectivity index (χ2v) is 5.80. The number of nitrogens with zero attached hydrogens (tertiary/aromatic N) is 2. The van der Waals surface area contributed by atoms with Gasteiger partial charge in [0, 0.05) is 18.1 Å². The molecule has 2 N–H and O–H groups in total. The highest BCUT2D eigenvalue weighted by molar-refractivity contribution is 6.05. The van der Waals surface area contributed by atoms with Gasteiger partial charge in [-0.15, -0.1) is 0 Å². The summed E-state index contributed by atoms with van der Waals surface area (Å²) in [5.74, 6) is -0.0287. The Balaban J connectivity index is 1.63. The SMILES string of the molecule is C/C(=N\NC(=O)c1ccoc1C)c1ccc(NC(=O)c2cccnc2)cc1. The van der Waals surface area contributed by atoms with E-state index in [4.69, 9.17) is 4.42 Å². The van der Waals surface area contributed by atoms with Gasteiger partial charge in [-0.1, -0.05) is 12.1 Å². The van der Waals surface area contributed by atoms with Crippen molar-refractivity contribution in [3.63, 3.8) is 0 Å². The topological polar surface area (TPSA) is 96.6 Å². The van der Waals surface area contributed by atoms with Crippen molar-refractivity contribution in [2.24, 2.45) is 5.10 Å². The summed E-state index contributed by atoms with van der Waals surface area (Å²) in [6.45, 7) is 3.50. The third-order valence-electron chi connectivity index (χ3n) is 3.91. The molecule has 0 fully saturated rings. The summed E-state index contributed by atoms with van der Waals surface area (Å²) >= 11 is 0. The van der Waals surface area contributed by atoms with Gasteiger partial charge in [0.15, 0.2) is 0 Å². The average molecular weight is 362 g/mol. The van der Waals surface area contributed by atoms with Gasteiger partial charge >= 0.3 is 0 Å². The number of hydrogen-bond donors (Lipinski definition) is 2. The van der Waals surface area contributed by atoms with Gasteiger partial charge in [0.1, 0.15) is 5.76 Å². The zero-order valence-electron chi connectivity index (χ0n) is 14.9. The van der Waals surface area contributed by atoms with Crippen molar-refractivity contribution < 1.29 is 14.0 Å². The molecular weight excluding hydrogens is 344 g/mol. The Morgan fingerprint density at radius 1 is 1.04 bits per heavy atom. The minimum absolute atomic E-state index is 0.232. The van der Waals surface area contributed by atoms with Crippen molar-refractivity contribution in [1.29, 1.82) is 0 Å². The lowest BCUT2D eigenvalue weighted by Gasteiger charge is -2.07. The molecule has 0 saturated heterocycles. The van der Waals surface area contributed by atoms with Crippen LogP contribution < -0.4 is 10.7 Å². The summed E-state index contributed by atoms with van der Waals surface area (Å²) in [4.78, 5) is 28.1. The zero-order valence-corrected chi connectivity index (χ0v) is 14.9. The maximum atomic E-state index is 12.1. The van der Waals surface area contributed by atoms with Gasteiger partial charge < -0.3 is 9.73 Å². The molecule has 2 amide bonds. The minimum atomic E-state index is -0.332. The predicted octanol–water partition coefficient (Wildman–Crippen LogP) is 3.39. The van der Waals surface area contributed by atoms with Crippen LogP contribution in [0, 0.1) is 6.92 Å². The van der Waals surface area contributed by atoms with Crippen molar-refractivity contribution in [3.05, 3.63) is 83.6 Å². The molecule has 0 spiro atoms. The first-order valence-electron chi connectivity index (χ1n) is 8.25. The molecule has 3 aromatic rings. The van der Waals surface area contributed by atoms with Crippen LogP contribution in [0.3, 0.4) is 0 Å². The Bertz CT molecular complexity index is 976. The van der Waals surface area contributed by atoms with Crippen molar-refractivity contribution in [3.8, 4) is 0 Å². The molecule has 0 unspecified atom stereocenters. The van der Waals surface area contributed by atoms with E-state index in [2.05, 4.69) is 20.8 Å². The summed E-state index contributed by atoms with van der Waals surface area (Å²) in [6.07, 6.45) is 4.57. The van der Waals surface area contributed by atoms with Crippen LogP contribution in [0.15, 0.2) is 70.6 Å². The summed E-state index contributed by atoms with van der Waals surface area (Å²) in [6, 6.07) is 12.2. The van der Waals surface area contributed by atoms with Crippen LogP contribution in [0.5, 0.6) is 0 Å². The third-order valence-corrected chi connectivity index (χ3v) is 3.91. The van der Waals surface area contributed by atoms with Crippen LogP contribution in [-0.4, -0.2) is 22.5 Å². The Morgan fingerprint density at radius 2 is 1.81 bits per heavy atom. The van der Waals surface area contributed by atoms with E-state index in [0.717, 1.165) is 5.56 Å². The van der Waals surface area contributed by atoms with E-state index in [-0.39, 0.29) is 11.8 Å². The fourth-order valence-electron chi connectivity index (χ4n) is 2.38. The second-order valence-electron chi connectivity index (χ2n) is 5.80. The summed E-state index contributed by atoms with van der Waals surface area (Å²) in [7, 11) is 0. The minimum Gasteiger partial charge on any atom is -0.469 e. The number of amides is 2. The van der Waals surface area contributed by atoms with E-state index in [1.165, 1.54) is 12.5 Å². The van der Waals surface area contributed by atoms with Crippen LogP contribution in [0.4, 0.5) is 5.69 Å². The Morgan fingerprint density at radius 3 is 2.44 bits per heavy atom. The fraction of sp³-hybridized carbons (Fsp3) is 0.100. The molecule has 0 radical (unpaired) electrons. The number of aromatic nitrogens is 1. The van der Waals surface area contributed by atoms with Crippen molar-refractivity contribution in [2.75, 3.05) is 5.32 Å². The molecule has 1 aromatic carbocycles. The van der Waals surface area contributed by atoms with E-state index >= 15 is 0 Å². The van der Waals surface area contributed by atoms with Gasteiger partial charge in [0.05, 0.1) is 23.1 Å². The van der Waals surface area contributed by atoms with Crippen LogP contribution in [0.25, 0.3) is 0 Å². The molecule has 136 valence electrons. The molecular formula is C20H18N4O3. The number of hydrogen-bond acceptors (Lipinski definition) is 5. The number of rotatable bonds is 5. The number of hydrazone groups is 1. The lowest BCUT2D eigenvalue weighted by Crippen LogP contribution is -2.19. The van der Waals surface area contributed by atoms with Crippen LogP contribution >= 0.6 is 0 Å². The first kappa shape index (κ1) is 18.1. The summed E-state index contributed by atoms with van der Waals surface area (Å²) < 4.78 is 5.11. The molecule has 7 heteroatoms. The average Bonchev–Trinajstić information content (AvgIpc) is 3.13. The van der Waals surface area contributed by atoms with Crippen LogP contribution in [-0.2, 0) is 0 Å². The lowest BCUT2D eigenvalue weighted by molar-refractivity contribution is 0.0952.